The molecule has 0 aliphatic carbocycles. The van der Waals surface area contributed by atoms with Gasteiger partial charge in [-0.05, 0) is 6.92 Å². The Morgan fingerprint density at radius 2 is 1.94 bits per heavy atom. The first-order chi connectivity index (χ1) is 8.08. The summed E-state index contributed by atoms with van der Waals surface area (Å²) in [5.74, 6) is -7.96. The Morgan fingerprint density at radius 3 is 2.33 bits per heavy atom. The van der Waals surface area contributed by atoms with E-state index in [4.69, 9.17) is 9.84 Å². The van der Waals surface area contributed by atoms with E-state index in [1.165, 1.54) is 6.92 Å². The third kappa shape index (κ3) is 2.89. The predicted molar refractivity (Wildman–Crippen MR) is 49.5 cm³/mol. The maximum atomic E-state index is 12.7. The van der Waals surface area contributed by atoms with E-state index in [2.05, 4.69) is 0 Å². The molecule has 0 bridgehead atoms. The molecular formula is C9H11F4NO4. The number of nitrogens with zero attached hydrogens (tertiary/aromatic N) is 1. The third-order valence-electron chi connectivity index (χ3n) is 2.44. The fourth-order valence-corrected chi connectivity index (χ4v) is 1.54. The summed E-state index contributed by atoms with van der Waals surface area (Å²) >= 11 is 0. The average molecular weight is 273 g/mol. The van der Waals surface area contributed by atoms with Gasteiger partial charge in [-0.1, -0.05) is 0 Å². The number of carbonyl (C=O) groups excluding carboxylic acids is 1. The zero-order valence-corrected chi connectivity index (χ0v) is 9.33. The van der Waals surface area contributed by atoms with Crippen molar-refractivity contribution in [3.05, 3.63) is 0 Å². The number of likely N-dealkylation sites (tertiary alicyclic amines) is 1. The summed E-state index contributed by atoms with van der Waals surface area (Å²) < 4.78 is 54.1. The van der Waals surface area contributed by atoms with Gasteiger partial charge in [0.2, 0.25) is 0 Å². The van der Waals surface area contributed by atoms with Crippen molar-refractivity contribution in [3.63, 3.8) is 0 Å². The minimum absolute atomic E-state index is 0.346. The number of amides is 1. The van der Waals surface area contributed by atoms with Crippen LogP contribution in [0.25, 0.3) is 0 Å². The number of rotatable bonds is 5. The van der Waals surface area contributed by atoms with Crippen LogP contribution in [0.3, 0.4) is 0 Å². The molecule has 1 saturated heterocycles. The van der Waals surface area contributed by atoms with Crippen LogP contribution in [0.1, 0.15) is 6.92 Å². The van der Waals surface area contributed by atoms with Gasteiger partial charge in [-0.3, -0.25) is 4.79 Å². The van der Waals surface area contributed by atoms with Gasteiger partial charge in [-0.15, -0.1) is 0 Å². The molecule has 104 valence electrons. The molecule has 18 heavy (non-hydrogen) atoms. The molecule has 1 aliphatic rings. The van der Waals surface area contributed by atoms with E-state index in [0.29, 0.717) is 4.90 Å². The van der Waals surface area contributed by atoms with Crippen molar-refractivity contribution in [1.29, 1.82) is 0 Å². The summed E-state index contributed by atoms with van der Waals surface area (Å²) in [5, 5.41) is 8.35. The average Bonchev–Trinajstić information content (AvgIpc) is 2.21. The monoisotopic (exact) mass is 273 g/mol. The Morgan fingerprint density at radius 1 is 1.44 bits per heavy atom. The molecular weight excluding hydrogens is 262 g/mol. The minimum Gasteiger partial charge on any atom is -0.480 e. The van der Waals surface area contributed by atoms with Gasteiger partial charge < -0.3 is 14.7 Å². The molecule has 0 aromatic rings. The Kier molecular flexibility index (Phi) is 3.84. The van der Waals surface area contributed by atoms with Gasteiger partial charge in [0.15, 0.2) is 0 Å². The largest absolute Gasteiger partial charge is 0.480 e. The summed E-state index contributed by atoms with van der Waals surface area (Å²) in [5.41, 5.74) is -1.09. The number of hydrogen-bond donors (Lipinski definition) is 1. The molecule has 1 fully saturated rings. The van der Waals surface area contributed by atoms with Gasteiger partial charge >= 0.3 is 18.3 Å². The molecule has 0 atom stereocenters. The minimum atomic E-state index is -4.73. The van der Waals surface area contributed by atoms with Crippen molar-refractivity contribution in [2.75, 3.05) is 19.7 Å². The number of alkyl halides is 4. The molecule has 0 spiro atoms. The van der Waals surface area contributed by atoms with Gasteiger partial charge in [0, 0.05) is 0 Å². The Labute approximate surface area is 99.3 Å². The zero-order valence-electron chi connectivity index (χ0n) is 9.33. The lowest BCUT2D eigenvalue weighted by atomic mass is 9.95. The molecule has 0 aromatic carbocycles. The number of carboxylic acid groups (broad SMARTS) is 1. The molecule has 5 nitrogen and oxygen atoms in total. The van der Waals surface area contributed by atoms with Crippen LogP contribution in [0.15, 0.2) is 0 Å². The lowest BCUT2D eigenvalue weighted by Gasteiger charge is -2.47. The van der Waals surface area contributed by atoms with E-state index in [1.807, 2.05) is 0 Å². The van der Waals surface area contributed by atoms with Gasteiger partial charge in [0.25, 0.3) is 5.91 Å². The molecule has 1 heterocycles. The normalized spacial score (nSPS) is 18.7. The fraction of sp³-hybridized carbons (Fsp3) is 0.778. The quantitative estimate of drug-likeness (QED) is 0.744. The highest BCUT2D eigenvalue weighted by Crippen LogP contribution is 2.32. The molecule has 1 aliphatic heterocycles. The first-order valence-electron chi connectivity index (χ1n) is 4.89. The maximum Gasteiger partial charge on any atom is 0.383 e. The number of ether oxygens (including phenoxy) is 1. The predicted octanol–water partition coefficient (Wildman–Crippen LogP) is 0.589. The van der Waals surface area contributed by atoms with Crippen molar-refractivity contribution >= 4 is 11.9 Å². The summed E-state index contributed by atoms with van der Waals surface area (Å²) in [6.07, 6.45) is -4.07. The SMILES string of the molecule is CC1(OCC(=O)O)CN(C(=O)C(F)(F)C(F)F)C1. The highest BCUT2D eigenvalue weighted by Gasteiger charge is 2.55. The first-order valence-corrected chi connectivity index (χ1v) is 4.89. The van der Waals surface area contributed by atoms with Crippen molar-refractivity contribution in [2.24, 2.45) is 0 Å². The highest BCUT2D eigenvalue weighted by atomic mass is 19.3. The van der Waals surface area contributed by atoms with Gasteiger partial charge in [-0.25, -0.2) is 13.6 Å². The zero-order chi connectivity index (χ0) is 14.1. The molecule has 0 saturated carbocycles. The summed E-state index contributed by atoms with van der Waals surface area (Å²) in [6.45, 7) is 0.0624. The molecule has 0 unspecified atom stereocenters. The standard InChI is InChI=1S/C9H11F4NO4/c1-8(18-2-5(15)16)3-14(4-8)7(17)9(12,13)6(10)11/h6H,2-4H2,1H3,(H,15,16). The lowest BCUT2D eigenvalue weighted by molar-refractivity contribution is -0.203. The summed E-state index contributed by atoms with van der Waals surface area (Å²) in [6, 6.07) is 0. The number of carbonyl (C=O) groups is 2. The fourth-order valence-electron chi connectivity index (χ4n) is 1.54. The number of carboxylic acids is 1. The van der Waals surface area contributed by atoms with Crippen LogP contribution in [-0.4, -0.2) is 59.5 Å². The topological polar surface area (TPSA) is 66.8 Å². The van der Waals surface area contributed by atoms with E-state index < -0.39 is 36.4 Å². The van der Waals surface area contributed by atoms with Crippen LogP contribution in [0.2, 0.25) is 0 Å². The van der Waals surface area contributed by atoms with Crippen LogP contribution >= 0.6 is 0 Å². The Bertz CT molecular complexity index is 354. The number of aliphatic carboxylic acids is 1. The first kappa shape index (κ1) is 14.7. The highest BCUT2D eigenvalue weighted by molar-refractivity contribution is 5.85. The molecule has 1 amide bonds. The third-order valence-corrected chi connectivity index (χ3v) is 2.44. The van der Waals surface area contributed by atoms with E-state index in [1.54, 1.807) is 0 Å². The van der Waals surface area contributed by atoms with Gasteiger partial charge in [0.05, 0.1) is 13.1 Å². The van der Waals surface area contributed by atoms with Gasteiger partial charge in [-0.2, -0.15) is 8.78 Å². The van der Waals surface area contributed by atoms with E-state index >= 15 is 0 Å². The molecule has 1 N–H and O–H groups in total. The van der Waals surface area contributed by atoms with Crippen LogP contribution in [0.5, 0.6) is 0 Å². The summed E-state index contributed by atoms with van der Waals surface area (Å²) in [7, 11) is 0. The van der Waals surface area contributed by atoms with Crippen molar-refractivity contribution in [2.45, 2.75) is 24.9 Å². The maximum absolute atomic E-state index is 12.7. The smallest absolute Gasteiger partial charge is 0.383 e. The van der Waals surface area contributed by atoms with E-state index in [0.717, 1.165) is 0 Å². The van der Waals surface area contributed by atoms with Crippen LogP contribution in [-0.2, 0) is 14.3 Å². The molecule has 0 aromatic heterocycles. The van der Waals surface area contributed by atoms with E-state index in [-0.39, 0.29) is 13.1 Å². The van der Waals surface area contributed by atoms with Crippen LogP contribution < -0.4 is 0 Å². The Balaban J connectivity index is 2.51. The van der Waals surface area contributed by atoms with Crippen molar-refractivity contribution < 1.29 is 37.0 Å². The molecule has 9 heteroatoms. The second kappa shape index (κ2) is 4.71. The van der Waals surface area contributed by atoms with Crippen molar-refractivity contribution in [1.82, 2.24) is 4.90 Å². The molecule has 1 rings (SSSR count). The van der Waals surface area contributed by atoms with Crippen LogP contribution in [0.4, 0.5) is 17.6 Å². The lowest BCUT2D eigenvalue weighted by Crippen LogP contribution is -2.66. The second-order valence-electron chi connectivity index (χ2n) is 4.22. The number of hydrogen-bond acceptors (Lipinski definition) is 3. The van der Waals surface area contributed by atoms with Gasteiger partial charge in [0.1, 0.15) is 12.2 Å². The number of halogens is 4. The second-order valence-corrected chi connectivity index (χ2v) is 4.22. The van der Waals surface area contributed by atoms with Crippen molar-refractivity contribution in [3.8, 4) is 0 Å². The summed E-state index contributed by atoms with van der Waals surface area (Å²) in [4.78, 5) is 21.8. The van der Waals surface area contributed by atoms with Crippen LogP contribution in [0, 0.1) is 0 Å². The van der Waals surface area contributed by atoms with E-state index in [9.17, 15) is 27.2 Å². The molecule has 0 radical (unpaired) electrons. The Hall–Kier alpha value is -1.38.